The van der Waals surface area contributed by atoms with Crippen LogP contribution >= 0.6 is 0 Å². The fraction of sp³-hybridized carbons (Fsp3) is 0.900. The predicted octanol–water partition coefficient (Wildman–Crippen LogP) is 1.18. The molecule has 4 nitrogen and oxygen atoms in total. The number of carboxylic acid groups (broad SMARTS) is 1. The van der Waals surface area contributed by atoms with Gasteiger partial charge in [0.2, 0.25) is 0 Å². The van der Waals surface area contributed by atoms with Gasteiger partial charge in [-0.25, -0.2) is 0 Å². The second-order valence-electron chi connectivity index (χ2n) is 3.66. The number of nitrogens with zero attached hydrogens (tertiary/aromatic N) is 1. The van der Waals surface area contributed by atoms with Crippen molar-refractivity contribution < 1.29 is 23.1 Å². The van der Waals surface area contributed by atoms with E-state index in [-0.39, 0.29) is 0 Å². The largest absolute Gasteiger partial charge is 0.481 e. The minimum absolute atomic E-state index is 0.349. The third-order valence-corrected chi connectivity index (χ3v) is 2.54. The number of rotatable bonds is 8. The highest BCUT2D eigenvalue weighted by Crippen LogP contribution is 2.25. The van der Waals surface area contributed by atoms with Gasteiger partial charge in [0.25, 0.3) is 0 Å². The zero-order chi connectivity index (χ0) is 13.5. The maximum Gasteiger partial charge on any atom is 0.403 e. The van der Waals surface area contributed by atoms with E-state index >= 15 is 0 Å². The average molecular weight is 256 g/mol. The highest BCUT2D eigenvalue weighted by Gasteiger charge is 2.44. The number of carboxylic acids is 1. The third-order valence-electron chi connectivity index (χ3n) is 2.54. The molecule has 2 N–H and O–H groups in total. The lowest BCUT2D eigenvalue weighted by Crippen LogP contribution is -2.41. The first-order valence-corrected chi connectivity index (χ1v) is 5.55. The number of likely N-dealkylation sites (N-methyl/N-ethyl adjacent to an activating group) is 1. The van der Waals surface area contributed by atoms with Gasteiger partial charge in [-0.3, -0.25) is 4.79 Å². The summed E-state index contributed by atoms with van der Waals surface area (Å²) in [4.78, 5) is 12.5. The van der Waals surface area contributed by atoms with Gasteiger partial charge in [-0.15, -0.1) is 0 Å². The Bertz CT molecular complexity index is 230. The van der Waals surface area contributed by atoms with Gasteiger partial charge in [-0.1, -0.05) is 13.8 Å². The molecule has 0 aromatic rings. The molecule has 0 fully saturated rings. The summed E-state index contributed by atoms with van der Waals surface area (Å²) in [6.07, 6.45) is -4.70. The van der Waals surface area contributed by atoms with E-state index in [2.05, 4.69) is 5.32 Å². The van der Waals surface area contributed by atoms with E-state index in [1.807, 2.05) is 18.7 Å². The number of aliphatic carboxylic acids is 1. The molecule has 0 aliphatic carbocycles. The van der Waals surface area contributed by atoms with Crippen molar-refractivity contribution in [2.75, 3.05) is 32.7 Å². The van der Waals surface area contributed by atoms with Crippen LogP contribution < -0.4 is 5.32 Å². The molecule has 0 aromatic heterocycles. The van der Waals surface area contributed by atoms with Crippen molar-refractivity contribution in [2.24, 2.45) is 5.92 Å². The van der Waals surface area contributed by atoms with Crippen LogP contribution in [-0.2, 0) is 4.79 Å². The van der Waals surface area contributed by atoms with Gasteiger partial charge in [0.05, 0.1) is 0 Å². The molecular weight excluding hydrogens is 237 g/mol. The van der Waals surface area contributed by atoms with Crippen LogP contribution in [0, 0.1) is 5.92 Å². The molecule has 102 valence electrons. The van der Waals surface area contributed by atoms with Gasteiger partial charge in [-0.05, 0) is 13.1 Å². The van der Waals surface area contributed by atoms with Crippen molar-refractivity contribution in [3.63, 3.8) is 0 Å². The smallest absolute Gasteiger partial charge is 0.403 e. The summed E-state index contributed by atoms with van der Waals surface area (Å²) in [5.74, 6) is -4.17. The van der Waals surface area contributed by atoms with Crippen molar-refractivity contribution in [3.8, 4) is 0 Å². The highest BCUT2D eigenvalue weighted by molar-refractivity contribution is 5.71. The van der Waals surface area contributed by atoms with Gasteiger partial charge >= 0.3 is 12.1 Å². The lowest BCUT2D eigenvalue weighted by molar-refractivity contribution is -0.192. The standard InChI is InChI=1S/C10H19F3N2O2/c1-3-15(4-2)6-5-14-7-8(9(16)17)10(11,12)13/h8,14H,3-7H2,1-2H3,(H,16,17). The molecular formula is C10H19F3N2O2. The van der Waals surface area contributed by atoms with E-state index in [4.69, 9.17) is 5.11 Å². The van der Waals surface area contributed by atoms with Crippen molar-refractivity contribution in [2.45, 2.75) is 20.0 Å². The fourth-order valence-corrected chi connectivity index (χ4v) is 1.37. The van der Waals surface area contributed by atoms with Gasteiger partial charge in [0.15, 0.2) is 5.92 Å². The van der Waals surface area contributed by atoms with E-state index < -0.39 is 24.6 Å². The van der Waals surface area contributed by atoms with Gasteiger partial charge < -0.3 is 15.3 Å². The monoisotopic (exact) mass is 256 g/mol. The maximum absolute atomic E-state index is 12.3. The molecule has 0 aromatic carbocycles. The van der Waals surface area contributed by atoms with Crippen LogP contribution in [0.3, 0.4) is 0 Å². The number of hydrogen-bond acceptors (Lipinski definition) is 3. The molecule has 17 heavy (non-hydrogen) atoms. The van der Waals surface area contributed by atoms with E-state index in [0.29, 0.717) is 13.1 Å². The average Bonchev–Trinajstić information content (AvgIpc) is 2.21. The SMILES string of the molecule is CCN(CC)CCNCC(C(=O)O)C(F)(F)F. The normalized spacial score (nSPS) is 14.0. The summed E-state index contributed by atoms with van der Waals surface area (Å²) in [7, 11) is 0. The second-order valence-corrected chi connectivity index (χ2v) is 3.66. The molecule has 7 heteroatoms. The van der Waals surface area contributed by atoms with Crippen LogP contribution in [0.15, 0.2) is 0 Å². The van der Waals surface area contributed by atoms with Crippen molar-refractivity contribution in [1.82, 2.24) is 10.2 Å². The molecule has 0 rings (SSSR count). The van der Waals surface area contributed by atoms with Crippen LogP contribution in [-0.4, -0.2) is 54.9 Å². The molecule has 1 atom stereocenters. The first-order valence-electron chi connectivity index (χ1n) is 5.55. The first kappa shape index (κ1) is 16.2. The van der Waals surface area contributed by atoms with Gasteiger partial charge in [-0.2, -0.15) is 13.2 Å². The highest BCUT2D eigenvalue weighted by atomic mass is 19.4. The van der Waals surface area contributed by atoms with Crippen LogP contribution in [0.25, 0.3) is 0 Å². The molecule has 0 aliphatic heterocycles. The fourth-order valence-electron chi connectivity index (χ4n) is 1.37. The van der Waals surface area contributed by atoms with E-state index in [9.17, 15) is 18.0 Å². The quantitative estimate of drug-likeness (QED) is 0.640. The Morgan fingerprint density at radius 3 is 2.24 bits per heavy atom. The van der Waals surface area contributed by atoms with E-state index in [0.717, 1.165) is 13.1 Å². The van der Waals surface area contributed by atoms with Crippen LogP contribution in [0.1, 0.15) is 13.8 Å². The molecule has 0 saturated carbocycles. The Hall–Kier alpha value is -0.820. The van der Waals surface area contributed by atoms with Gasteiger partial charge in [0, 0.05) is 19.6 Å². The van der Waals surface area contributed by atoms with Crippen molar-refractivity contribution in [3.05, 3.63) is 0 Å². The van der Waals surface area contributed by atoms with Crippen molar-refractivity contribution >= 4 is 5.97 Å². The summed E-state index contributed by atoms with van der Waals surface area (Å²) < 4.78 is 36.8. The summed E-state index contributed by atoms with van der Waals surface area (Å²) in [5.41, 5.74) is 0. The molecule has 0 saturated heterocycles. The molecule has 0 radical (unpaired) electrons. The summed E-state index contributed by atoms with van der Waals surface area (Å²) in [5, 5.41) is 11.0. The molecule has 0 aliphatic rings. The summed E-state index contributed by atoms with van der Waals surface area (Å²) in [6, 6.07) is 0. The Labute approximate surface area is 98.8 Å². The Morgan fingerprint density at radius 2 is 1.88 bits per heavy atom. The molecule has 0 amide bonds. The number of hydrogen-bond donors (Lipinski definition) is 2. The lowest BCUT2D eigenvalue weighted by atomic mass is 10.1. The number of alkyl halides is 3. The molecule has 0 spiro atoms. The van der Waals surface area contributed by atoms with Gasteiger partial charge in [0.1, 0.15) is 0 Å². The number of nitrogens with one attached hydrogen (secondary N) is 1. The molecule has 0 heterocycles. The lowest BCUT2D eigenvalue weighted by Gasteiger charge is -2.20. The van der Waals surface area contributed by atoms with Crippen molar-refractivity contribution in [1.29, 1.82) is 0 Å². The summed E-state index contributed by atoms with van der Waals surface area (Å²) >= 11 is 0. The van der Waals surface area contributed by atoms with Crippen LogP contribution in [0.4, 0.5) is 13.2 Å². The van der Waals surface area contributed by atoms with Crippen LogP contribution in [0.2, 0.25) is 0 Å². The zero-order valence-corrected chi connectivity index (χ0v) is 10.0. The third kappa shape index (κ3) is 6.48. The second kappa shape index (κ2) is 7.50. The number of carbonyl (C=O) groups is 1. The molecule has 0 bridgehead atoms. The Balaban J connectivity index is 3.96. The van der Waals surface area contributed by atoms with E-state index in [1.54, 1.807) is 0 Å². The molecule has 1 unspecified atom stereocenters. The zero-order valence-electron chi connectivity index (χ0n) is 10.0. The number of halogens is 3. The topological polar surface area (TPSA) is 52.6 Å². The Kier molecular flexibility index (Phi) is 7.13. The predicted molar refractivity (Wildman–Crippen MR) is 57.8 cm³/mol. The first-order chi connectivity index (χ1) is 7.82. The minimum atomic E-state index is -4.70. The van der Waals surface area contributed by atoms with Crippen LogP contribution in [0.5, 0.6) is 0 Å². The Morgan fingerprint density at radius 1 is 1.35 bits per heavy atom. The summed E-state index contributed by atoms with van der Waals surface area (Å²) in [6.45, 7) is 5.93. The van der Waals surface area contributed by atoms with E-state index in [1.165, 1.54) is 0 Å². The minimum Gasteiger partial charge on any atom is -0.481 e. The maximum atomic E-state index is 12.3.